The molecule has 0 radical (unpaired) electrons. The molecule has 0 bridgehead atoms. The van der Waals surface area contributed by atoms with Crippen molar-refractivity contribution in [2.45, 2.75) is 32.2 Å². The van der Waals surface area contributed by atoms with Gasteiger partial charge in [-0.05, 0) is 18.4 Å². The lowest BCUT2D eigenvalue weighted by Gasteiger charge is -2.11. The van der Waals surface area contributed by atoms with Gasteiger partial charge in [-0.2, -0.15) is 0 Å². The topological polar surface area (TPSA) is 95.5 Å². The van der Waals surface area contributed by atoms with Crippen LogP contribution in [0.5, 0.6) is 0 Å². The van der Waals surface area contributed by atoms with Gasteiger partial charge in [0.2, 0.25) is 0 Å². The summed E-state index contributed by atoms with van der Waals surface area (Å²) in [6, 6.07) is 5.24. The van der Waals surface area contributed by atoms with Crippen molar-refractivity contribution in [3.05, 3.63) is 39.9 Å². The molecule has 104 valence electrons. The first kappa shape index (κ1) is 15.1. The molecule has 6 heteroatoms. The van der Waals surface area contributed by atoms with Gasteiger partial charge in [-0.25, -0.2) is 0 Å². The van der Waals surface area contributed by atoms with Gasteiger partial charge in [0.1, 0.15) is 6.04 Å². The van der Waals surface area contributed by atoms with Gasteiger partial charge in [0.25, 0.3) is 5.69 Å². The number of non-ortho nitro benzene ring substituents is 1. The van der Waals surface area contributed by atoms with Crippen molar-refractivity contribution in [3.63, 3.8) is 0 Å². The van der Waals surface area contributed by atoms with Crippen LogP contribution in [0.2, 0.25) is 0 Å². The molecule has 2 N–H and O–H groups in total. The molecule has 1 rings (SSSR count). The van der Waals surface area contributed by atoms with Crippen LogP contribution in [0.4, 0.5) is 5.69 Å². The maximum Gasteiger partial charge on any atom is 0.323 e. The molecule has 0 saturated heterocycles. The Labute approximate surface area is 111 Å². The van der Waals surface area contributed by atoms with Crippen LogP contribution >= 0.6 is 0 Å². The highest BCUT2D eigenvalue weighted by Crippen LogP contribution is 2.13. The smallest absolute Gasteiger partial charge is 0.323 e. The molecule has 19 heavy (non-hydrogen) atoms. The van der Waals surface area contributed by atoms with E-state index in [1.165, 1.54) is 12.1 Å². The van der Waals surface area contributed by atoms with Crippen LogP contribution in [0.25, 0.3) is 0 Å². The van der Waals surface area contributed by atoms with Crippen molar-refractivity contribution in [1.82, 2.24) is 0 Å². The summed E-state index contributed by atoms with van der Waals surface area (Å²) in [6.07, 6.45) is 2.07. The third-order valence-electron chi connectivity index (χ3n) is 2.65. The molecular formula is C13H18N2O4. The summed E-state index contributed by atoms with van der Waals surface area (Å²) in [5, 5.41) is 10.5. The first-order valence-corrected chi connectivity index (χ1v) is 6.20. The summed E-state index contributed by atoms with van der Waals surface area (Å²) >= 11 is 0. The van der Waals surface area contributed by atoms with E-state index >= 15 is 0 Å². The molecule has 0 aliphatic carbocycles. The normalized spacial score (nSPS) is 11.9. The van der Waals surface area contributed by atoms with Crippen LogP contribution in [-0.2, 0) is 16.0 Å². The number of ether oxygens (including phenoxy) is 1. The maximum atomic E-state index is 11.5. The molecule has 0 aliphatic rings. The lowest BCUT2D eigenvalue weighted by molar-refractivity contribution is -0.384. The number of carbonyl (C=O) groups is 1. The molecule has 0 aliphatic heterocycles. The zero-order chi connectivity index (χ0) is 14.3. The van der Waals surface area contributed by atoms with E-state index in [1.807, 2.05) is 6.92 Å². The highest BCUT2D eigenvalue weighted by molar-refractivity contribution is 5.75. The Balaban J connectivity index is 2.49. The average Bonchev–Trinajstić information content (AvgIpc) is 2.39. The van der Waals surface area contributed by atoms with E-state index in [4.69, 9.17) is 10.5 Å². The largest absolute Gasteiger partial charge is 0.465 e. The molecule has 0 fully saturated rings. The third kappa shape index (κ3) is 5.05. The minimum Gasteiger partial charge on any atom is -0.465 e. The van der Waals surface area contributed by atoms with Gasteiger partial charge >= 0.3 is 5.97 Å². The summed E-state index contributed by atoms with van der Waals surface area (Å²) in [6.45, 7) is 2.38. The Morgan fingerprint density at radius 3 is 2.58 bits per heavy atom. The Morgan fingerprint density at radius 2 is 2.05 bits per heavy atom. The molecule has 1 aromatic carbocycles. The van der Waals surface area contributed by atoms with Crippen molar-refractivity contribution < 1.29 is 14.5 Å². The van der Waals surface area contributed by atoms with Gasteiger partial charge in [-0.1, -0.05) is 25.5 Å². The number of hydrogen-bond donors (Lipinski definition) is 1. The van der Waals surface area contributed by atoms with E-state index in [0.717, 1.165) is 18.4 Å². The first-order chi connectivity index (χ1) is 9.04. The van der Waals surface area contributed by atoms with Gasteiger partial charge in [0.05, 0.1) is 11.5 Å². The SMILES string of the molecule is CCCCOC(=O)C(N)Cc1ccc([N+](=O)[O-])cc1. The number of benzene rings is 1. The lowest BCUT2D eigenvalue weighted by Crippen LogP contribution is -2.34. The van der Waals surface area contributed by atoms with Crippen molar-refractivity contribution in [1.29, 1.82) is 0 Å². The fourth-order valence-electron chi connectivity index (χ4n) is 1.52. The molecule has 0 aromatic heterocycles. The van der Waals surface area contributed by atoms with Gasteiger partial charge in [-0.15, -0.1) is 0 Å². The number of nitro groups is 1. The van der Waals surface area contributed by atoms with Gasteiger partial charge in [0.15, 0.2) is 0 Å². The highest BCUT2D eigenvalue weighted by atomic mass is 16.6. The second-order valence-electron chi connectivity index (χ2n) is 4.26. The molecule has 1 unspecified atom stereocenters. The van der Waals surface area contributed by atoms with Crippen LogP contribution in [0, 0.1) is 10.1 Å². The zero-order valence-electron chi connectivity index (χ0n) is 10.9. The maximum absolute atomic E-state index is 11.5. The zero-order valence-corrected chi connectivity index (χ0v) is 10.9. The standard InChI is InChI=1S/C13H18N2O4/c1-2-3-8-19-13(16)12(14)9-10-4-6-11(7-5-10)15(17)18/h4-7,12H,2-3,8-9,14H2,1H3. The Kier molecular flexibility index (Phi) is 5.95. The van der Waals surface area contributed by atoms with Crippen LogP contribution in [0.3, 0.4) is 0 Å². The summed E-state index contributed by atoms with van der Waals surface area (Å²) in [4.78, 5) is 21.6. The highest BCUT2D eigenvalue weighted by Gasteiger charge is 2.16. The van der Waals surface area contributed by atoms with Crippen molar-refractivity contribution in [2.24, 2.45) is 5.73 Å². The lowest BCUT2D eigenvalue weighted by atomic mass is 10.1. The van der Waals surface area contributed by atoms with E-state index in [2.05, 4.69) is 0 Å². The van der Waals surface area contributed by atoms with E-state index in [0.29, 0.717) is 13.0 Å². The number of nitrogens with zero attached hydrogens (tertiary/aromatic N) is 1. The van der Waals surface area contributed by atoms with E-state index in [1.54, 1.807) is 12.1 Å². The summed E-state index contributed by atoms with van der Waals surface area (Å²) < 4.78 is 5.01. The van der Waals surface area contributed by atoms with Crippen LogP contribution in [-0.4, -0.2) is 23.5 Å². The summed E-state index contributed by atoms with van der Waals surface area (Å²) in [5.74, 6) is -0.438. The summed E-state index contributed by atoms with van der Waals surface area (Å²) in [5.41, 5.74) is 6.51. The van der Waals surface area contributed by atoms with Crippen molar-refractivity contribution >= 4 is 11.7 Å². The molecule has 6 nitrogen and oxygen atoms in total. The Hall–Kier alpha value is -1.95. The first-order valence-electron chi connectivity index (χ1n) is 6.20. The Bertz CT molecular complexity index is 431. The number of rotatable bonds is 7. The number of hydrogen-bond acceptors (Lipinski definition) is 5. The second-order valence-corrected chi connectivity index (χ2v) is 4.26. The average molecular weight is 266 g/mol. The predicted molar refractivity (Wildman–Crippen MR) is 70.6 cm³/mol. The minimum atomic E-state index is -0.738. The molecule has 0 spiro atoms. The number of unbranched alkanes of at least 4 members (excludes halogenated alkanes) is 1. The Morgan fingerprint density at radius 1 is 1.42 bits per heavy atom. The van der Waals surface area contributed by atoms with E-state index in [-0.39, 0.29) is 5.69 Å². The molecule has 0 heterocycles. The van der Waals surface area contributed by atoms with Crippen LogP contribution in [0.1, 0.15) is 25.3 Å². The molecule has 0 saturated carbocycles. The van der Waals surface area contributed by atoms with Crippen molar-refractivity contribution in [3.8, 4) is 0 Å². The van der Waals surface area contributed by atoms with Gasteiger partial charge < -0.3 is 10.5 Å². The van der Waals surface area contributed by atoms with Crippen LogP contribution in [0.15, 0.2) is 24.3 Å². The molecular weight excluding hydrogens is 248 g/mol. The van der Waals surface area contributed by atoms with E-state index in [9.17, 15) is 14.9 Å². The fourth-order valence-corrected chi connectivity index (χ4v) is 1.52. The van der Waals surface area contributed by atoms with Gasteiger partial charge in [-0.3, -0.25) is 14.9 Å². The van der Waals surface area contributed by atoms with E-state index < -0.39 is 16.9 Å². The molecule has 1 atom stereocenters. The molecule has 1 aromatic rings. The number of nitro benzene ring substituents is 1. The monoisotopic (exact) mass is 266 g/mol. The van der Waals surface area contributed by atoms with Crippen LogP contribution < -0.4 is 5.73 Å². The minimum absolute atomic E-state index is 0.0165. The van der Waals surface area contributed by atoms with Crippen molar-refractivity contribution in [2.75, 3.05) is 6.61 Å². The molecule has 0 amide bonds. The third-order valence-corrected chi connectivity index (χ3v) is 2.65. The number of esters is 1. The summed E-state index contributed by atoms with van der Waals surface area (Å²) in [7, 11) is 0. The number of nitrogens with two attached hydrogens (primary N) is 1. The fraction of sp³-hybridized carbons (Fsp3) is 0.462. The predicted octanol–water partition coefficient (Wildman–Crippen LogP) is 1.81. The number of carbonyl (C=O) groups excluding carboxylic acids is 1. The quantitative estimate of drug-likeness (QED) is 0.351. The second kappa shape index (κ2) is 7.48. The van der Waals surface area contributed by atoms with Gasteiger partial charge in [0, 0.05) is 12.1 Å².